The predicted octanol–water partition coefficient (Wildman–Crippen LogP) is 1.59. The molecule has 0 aromatic heterocycles. The second kappa shape index (κ2) is 4.89. The van der Waals surface area contributed by atoms with Crippen molar-refractivity contribution in [2.45, 2.75) is 18.9 Å². The maximum atomic E-state index is 13.9. The van der Waals surface area contributed by atoms with Gasteiger partial charge < -0.3 is 15.7 Å². The lowest BCUT2D eigenvalue weighted by Gasteiger charge is -2.26. The maximum Gasteiger partial charge on any atom is 0.338 e. The summed E-state index contributed by atoms with van der Waals surface area (Å²) >= 11 is 0. The fraction of sp³-hybridized carbons (Fsp3) is 0.417. The molecule has 6 heteroatoms. The van der Waals surface area contributed by atoms with Crippen molar-refractivity contribution in [1.29, 1.82) is 0 Å². The zero-order valence-electron chi connectivity index (χ0n) is 9.70. The Kier molecular flexibility index (Phi) is 3.47. The van der Waals surface area contributed by atoms with Crippen LogP contribution in [-0.2, 0) is 0 Å². The molecule has 0 aliphatic carbocycles. The van der Waals surface area contributed by atoms with Crippen molar-refractivity contribution in [3.63, 3.8) is 0 Å². The van der Waals surface area contributed by atoms with Crippen LogP contribution >= 0.6 is 0 Å². The number of benzene rings is 1. The molecule has 1 unspecified atom stereocenters. The monoisotopic (exact) mass is 256 g/mol. The number of rotatable bonds is 3. The summed E-state index contributed by atoms with van der Waals surface area (Å²) in [6, 6.07) is 2.37. The summed E-state index contributed by atoms with van der Waals surface area (Å²) in [7, 11) is 0. The van der Waals surface area contributed by atoms with E-state index < -0.39 is 23.2 Å². The molecule has 0 spiro atoms. The zero-order valence-corrected chi connectivity index (χ0v) is 9.70. The molecule has 1 aromatic carbocycles. The van der Waals surface area contributed by atoms with Crippen LogP contribution in [0, 0.1) is 11.6 Å². The standard InChI is InChI=1S/C12H14F2N2O2/c13-10-8(12(17)18)3-4-9(11(10)14)16-5-1-2-7(16)6-15/h3-4,7H,1-2,5-6,15H2,(H,17,18). The lowest BCUT2D eigenvalue weighted by molar-refractivity contribution is 0.0690. The normalized spacial score (nSPS) is 19.3. The summed E-state index contributed by atoms with van der Waals surface area (Å²) in [5.41, 5.74) is 5.01. The van der Waals surface area contributed by atoms with E-state index in [0.29, 0.717) is 13.1 Å². The van der Waals surface area contributed by atoms with Crippen molar-refractivity contribution in [2.75, 3.05) is 18.0 Å². The second-order valence-corrected chi connectivity index (χ2v) is 4.29. The molecule has 0 radical (unpaired) electrons. The van der Waals surface area contributed by atoms with Gasteiger partial charge in [-0.15, -0.1) is 0 Å². The fourth-order valence-electron chi connectivity index (χ4n) is 2.32. The number of nitrogens with two attached hydrogens (primary N) is 1. The van der Waals surface area contributed by atoms with Crippen LogP contribution in [0.25, 0.3) is 0 Å². The minimum absolute atomic E-state index is 0.0189. The van der Waals surface area contributed by atoms with Crippen molar-refractivity contribution in [3.8, 4) is 0 Å². The average molecular weight is 256 g/mol. The van der Waals surface area contributed by atoms with Crippen LogP contribution in [0.3, 0.4) is 0 Å². The van der Waals surface area contributed by atoms with Gasteiger partial charge in [0.15, 0.2) is 11.6 Å². The van der Waals surface area contributed by atoms with Gasteiger partial charge in [0.2, 0.25) is 0 Å². The van der Waals surface area contributed by atoms with Crippen molar-refractivity contribution in [3.05, 3.63) is 29.3 Å². The number of nitrogens with zero attached hydrogens (tertiary/aromatic N) is 1. The van der Waals surface area contributed by atoms with Gasteiger partial charge >= 0.3 is 5.97 Å². The first-order valence-electron chi connectivity index (χ1n) is 5.74. The van der Waals surface area contributed by atoms with Gasteiger partial charge in [0.1, 0.15) is 0 Å². The van der Waals surface area contributed by atoms with E-state index in [4.69, 9.17) is 10.8 Å². The van der Waals surface area contributed by atoms with E-state index in [2.05, 4.69) is 0 Å². The summed E-state index contributed by atoms with van der Waals surface area (Å²) in [5, 5.41) is 8.70. The predicted molar refractivity (Wildman–Crippen MR) is 62.7 cm³/mol. The molecule has 98 valence electrons. The highest BCUT2D eigenvalue weighted by Crippen LogP contribution is 2.30. The van der Waals surface area contributed by atoms with E-state index in [1.54, 1.807) is 4.90 Å². The van der Waals surface area contributed by atoms with Gasteiger partial charge in [-0.1, -0.05) is 0 Å². The highest BCUT2D eigenvalue weighted by molar-refractivity contribution is 5.88. The Bertz CT molecular complexity index is 479. The third-order valence-electron chi connectivity index (χ3n) is 3.25. The molecule has 1 heterocycles. The van der Waals surface area contributed by atoms with Crippen LogP contribution < -0.4 is 10.6 Å². The van der Waals surface area contributed by atoms with Gasteiger partial charge in [0.25, 0.3) is 0 Å². The third-order valence-corrected chi connectivity index (χ3v) is 3.25. The summed E-state index contributed by atoms with van der Waals surface area (Å²) in [5.74, 6) is -3.91. The highest BCUT2D eigenvalue weighted by Gasteiger charge is 2.28. The largest absolute Gasteiger partial charge is 0.478 e. The summed E-state index contributed by atoms with van der Waals surface area (Å²) in [4.78, 5) is 12.4. The van der Waals surface area contributed by atoms with Crippen molar-refractivity contribution < 1.29 is 18.7 Å². The number of hydrogen-bond acceptors (Lipinski definition) is 3. The first kappa shape index (κ1) is 12.8. The molecule has 1 aliphatic rings. The van der Waals surface area contributed by atoms with Crippen molar-refractivity contribution >= 4 is 11.7 Å². The summed E-state index contributed by atoms with van der Waals surface area (Å²) < 4.78 is 27.4. The van der Waals surface area contributed by atoms with Gasteiger partial charge in [-0.2, -0.15) is 0 Å². The lowest BCUT2D eigenvalue weighted by Crippen LogP contribution is -2.36. The maximum absolute atomic E-state index is 13.9. The first-order chi connectivity index (χ1) is 8.56. The molecule has 0 bridgehead atoms. The Hall–Kier alpha value is -1.69. The molecule has 0 saturated carbocycles. The molecule has 1 saturated heterocycles. The molecule has 1 atom stereocenters. The summed E-state index contributed by atoms with van der Waals surface area (Å²) in [6.07, 6.45) is 1.70. The molecule has 18 heavy (non-hydrogen) atoms. The van der Waals surface area contributed by atoms with E-state index >= 15 is 0 Å². The van der Waals surface area contributed by atoms with Gasteiger partial charge in [0, 0.05) is 19.1 Å². The first-order valence-corrected chi connectivity index (χ1v) is 5.74. The SMILES string of the molecule is NCC1CCCN1c1ccc(C(=O)O)c(F)c1F. The Morgan fingerprint density at radius 3 is 2.78 bits per heavy atom. The van der Waals surface area contributed by atoms with Gasteiger partial charge in [-0.3, -0.25) is 0 Å². The number of carbonyl (C=O) groups is 1. The topological polar surface area (TPSA) is 66.6 Å². The smallest absolute Gasteiger partial charge is 0.338 e. The molecular formula is C12H14F2N2O2. The van der Waals surface area contributed by atoms with Crippen LogP contribution in [0.4, 0.5) is 14.5 Å². The lowest BCUT2D eigenvalue weighted by atomic mass is 10.1. The van der Waals surface area contributed by atoms with Crippen molar-refractivity contribution in [1.82, 2.24) is 0 Å². The number of aromatic carboxylic acids is 1. The Morgan fingerprint density at radius 1 is 1.44 bits per heavy atom. The Labute approximate surface area is 103 Å². The van der Waals surface area contributed by atoms with Crippen LogP contribution in [0.5, 0.6) is 0 Å². The van der Waals surface area contributed by atoms with E-state index in [1.807, 2.05) is 0 Å². The fourth-order valence-corrected chi connectivity index (χ4v) is 2.32. The molecule has 1 fully saturated rings. The molecule has 4 nitrogen and oxygen atoms in total. The van der Waals surface area contributed by atoms with E-state index in [1.165, 1.54) is 6.07 Å². The molecule has 2 rings (SSSR count). The van der Waals surface area contributed by atoms with Crippen molar-refractivity contribution in [2.24, 2.45) is 5.73 Å². The average Bonchev–Trinajstić information content (AvgIpc) is 2.80. The van der Waals surface area contributed by atoms with E-state index in [0.717, 1.165) is 18.9 Å². The van der Waals surface area contributed by atoms with E-state index in [9.17, 15) is 13.6 Å². The number of anilines is 1. The molecule has 3 N–H and O–H groups in total. The Morgan fingerprint density at radius 2 is 2.17 bits per heavy atom. The van der Waals surface area contributed by atoms with Crippen LogP contribution in [0.2, 0.25) is 0 Å². The Balaban J connectivity index is 2.41. The van der Waals surface area contributed by atoms with Gasteiger partial charge in [-0.25, -0.2) is 13.6 Å². The summed E-state index contributed by atoms with van der Waals surface area (Å²) in [6.45, 7) is 0.965. The van der Waals surface area contributed by atoms with E-state index in [-0.39, 0.29) is 11.7 Å². The number of carboxylic acid groups (broad SMARTS) is 1. The molecule has 1 aromatic rings. The number of halogens is 2. The minimum atomic E-state index is -1.48. The quantitative estimate of drug-likeness (QED) is 0.861. The van der Waals surface area contributed by atoms with Crippen LogP contribution in [0.1, 0.15) is 23.2 Å². The molecular weight excluding hydrogens is 242 g/mol. The molecule has 0 amide bonds. The number of hydrogen-bond donors (Lipinski definition) is 2. The van der Waals surface area contributed by atoms with Crippen LogP contribution in [-0.4, -0.2) is 30.2 Å². The minimum Gasteiger partial charge on any atom is -0.478 e. The molecule has 1 aliphatic heterocycles. The highest BCUT2D eigenvalue weighted by atomic mass is 19.2. The third kappa shape index (κ3) is 2.03. The van der Waals surface area contributed by atoms with Gasteiger partial charge in [0.05, 0.1) is 11.3 Å². The number of carboxylic acids is 1. The zero-order chi connectivity index (χ0) is 13.3. The second-order valence-electron chi connectivity index (χ2n) is 4.29. The van der Waals surface area contributed by atoms with Gasteiger partial charge in [-0.05, 0) is 25.0 Å². The van der Waals surface area contributed by atoms with Crippen LogP contribution in [0.15, 0.2) is 12.1 Å².